The number of benzene rings is 1. The molecule has 0 aliphatic rings. The molecule has 1 heterocycles. The standard InChI is InChI=1S/C13H17N3OS2/c1-2-6-18-7-5-12(17)16-13-15-10-4-3-9(14)8-11(10)19-13/h3-4,8H,2,5-7,14H2,1H3,(H,15,16,17). The van der Waals surface area contributed by atoms with Crippen LogP contribution in [0.25, 0.3) is 10.2 Å². The molecule has 0 unspecified atom stereocenters. The minimum atomic E-state index is 0.0237. The summed E-state index contributed by atoms with van der Waals surface area (Å²) in [5.74, 6) is 1.99. The number of rotatable bonds is 6. The Hall–Kier alpha value is -1.27. The fraction of sp³-hybridized carbons (Fsp3) is 0.385. The van der Waals surface area contributed by atoms with Crippen molar-refractivity contribution < 1.29 is 4.79 Å². The lowest BCUT2D eigenvalue weighted by atomic mass is 10.3. The Morgan fingerprint density at radius 1 is 1.47 bits per heavy atom. The first kappa shape index (κ1) is 14.1. The maximum atomic E-state index is 11.7. The van der Waals surface area contributed by atoms with Crippen LogP contribution in [0.2, 0.25) is 0 Å². The molecule has 0 aliphatic heterocycles. The van der Waals surface area contributed by atoms with Gasteiger partial charge in [-0.15, -0.1) is 0 Å². The largest absolute Gasteiger partial charge is 0.399 e. The Bertz CT molecular complexity index is 568. The summed E-state index contributed by atoms with van der Waals surface area (Å²) in [6, 6.07) is 5.56. The molecule has 102 valence electrons. The predicted octanol–water partition coefficient (Wildman–Crippen LogP) is 3.35. The maximum Gasteiger partial charge on any atom is 0.226 e. The van der Waals surface area contributed by atoms with Crippen LogP contribution in [-0.4, -0.2) is 22.4 Å². The van der Waals surface area contributed by atoms with Crippen LogP contribution in [0.3, 0.4) is 0 Å². The van der Waals surface area contributed by atoms with E-state index < -0.39 is 0 Å². The van der Waals surface area contributed by atoms with Crippen molar-refractivity contribution in [1.29, 1.82) is 0 Å². The number of hydrogen-bond donors (Lipinski definition) is 2. The maximum absolute atomic E-state index is 11.7. The van der Waals surface area contributed by atoms with E-state index in [9.17, 15) is 4.79 Å². The van der Waals surface area contributed by atoms with Gasteiger partial charge in [0.2, 0.25) is 5.91 Å². The Morgan fingerprint density at radius 2 is 2.32 bits per heavy atom. The third-order valence-electron chi connectivity index (χ3n) is 2.48. The van der Waals surface area contributed by atoms with Gasteiger partial charge in [0, 0.05) is 17.9 Å². The van der Waals surface area contributed by atoms with Gasteiger partial charge in [0.15, 0.2) is 5.13 Å². The number of aromatic nitrogens is 1. The van der Waals surface area contributed by atoms with Gasteiger partial charge in [-0.05, 0) is 30.4 Å². The molecule has 3 N–H and O–H groups in total. The Balaban J connectivity index is 1.91. The van der Waals surface area contributed by atoms with Gasteiger partial charge < -0.3 is 11.1 Å². The average Bonchev–Trinajstić information content (AvgIpc) is 2.76. The van der Waals surface area contributed by atoms with Crippen LogP contribution >= 0.6 is 23.1 Å². The molecule has 1 amide bonds. The van der Waals surface area contributed by atoms with Crippen LogP contribution in [0.4, 0.5) is 10.8 Å². The van der Waals surface area contributed by atoms with Crippen molar-refractivity contribution >= 4 is 50.0 Å². The number of amides is 1. The van der Waals surface area contributed by atoms with E-state index in [0.29, 0.717) is 17.2 Å². The first-order chi connectivity index (χ1) is 9.19. The zero-order valence-electron chi connectivity index (χ0n) is 10.8. The third-order valence-corrected chi connectivity index (χ3v) is 4.60. The fourth-order valence-electron chi connectivity index (χ4n) is 1.59. The smallest absolute Gasteiger partial charge is 0.226 e. The number of nitrogen functional groups attached to an aromatic ring is 1. The van der Waals surface area contributed by atoms with Gasteiger partial charge in [0.05, 0.1) is 10.2 Å². The molecule has 2 aromatic rings. The molecule has 0 bridgehead atoms. The zero-order chi connectivity index (χ0) is 13.7. The minimum absolute atomic E-state index is 0.0237. The molecule has 0 aliphatic carbocycles. The van der Waals surface area contributed by atoms with E-state index in [-0.39, 0.29) is 5.91 Å². The van der Waals surface area contributed by atoms with E-state index in [1.54, 1.807) is 11.8 Å². The fourth-order valence-corrected chi connectivity index (χ4v) is 3.34. The van der Waals surface area contributed by atoms with E-state index in [4.69, 9.17) is 5.73 Å². The van der Waals surface area contributed by atoms with Gasteiger partial charge in [0.1, 0.15) is 0 Å². The molecule has 0 fully saturated rings. The lowest BCUT2D eigenvalue weighted by Crippen LogP contribution is -2.11. The van der Waals surface area contributed by atoms with Crippen molar-refractivity contribution in [1.82, 2.24) is 4.98 Å². The van der Waals surface area contributed by atoms with Crippen molar-refractivity contribution in [2.45, 2.75) is 19.8 Å². The Labute approximate surface area is 120 Å². The number of nitrogens with one attached hydrogen (secondary N) is 1. The molecule has 1 aromatic carbocycles. The second kappa shape index (κ2) is 6.77. The summed E-state index contributed by atoms with van der Waals surface area (Å²) in [5, 5.41) is 3.49. The first-order valence-electron chi connectivity index (χ1n) is 6.22. The molecule has 1 aromatic heterocycles. The second-order valence-electron chi connectivity index (χ2n) is 4.16. The molecule has 6 heteroatoms. The summed E-state index contributed by atoms with van der Waals surface area (Å²) in [7, 11) is 0. The topological polar surface area (TPSA) is 68.0 Å². The lowest BCUT2D eigenvalue weighted by molar-refractivity contribution is -0.115. The van der Waals surface area contributed by atoms with Crippen LogP contribution in [0.15, 0.2) is 18.2 Å². The number of thioether (sulfide) groups is 1. The molecule has 19 heavy (non-hydrogen) atoms. The van der Waals surface area contributed by atoms with Crippen LogP contribution < -0.4 is 11.1 Å². The van der Waals surface area contributed by atoms with E-state index in [2.05, 4.69) is 17.2 Å². The number of thiazole rings is 1. The summed E-state index contributed by atoms with van der Waals surface area (Å²) < 4.78 is 0.996. The van der Waals surface area contributed by atoms with Crippen LogP contribution in [0.1, 0.15) is 19.8 Å². The van der Waals surface area contributed by atoms with Gasteiger partial charge in [-0.2, -0.15) is 11.8 Å². The van der Waals surface area contributed by atoms with E-state index in [1.165, 1.54) is 11.3 Å². The van der Waals surface area contributed by atoms with Crippen molar-refractivity contribution in [3.8, 4) is 0 Å². The highest BCUT2D eigenvalue weighted by atomic mass is 32.2. The number of nitrogens with zero attached hydrogens (tertiary/aromatic N) is 1. The number of anilines is 2. The third kappa shape index (κ3) is 4.11. The van der Waals surface area contributed by atoms with Gasteiger partial charge >= 0.3 is 0 Å². The summed E-state index contributed by atoms with van der Waals surface area (Å²) >= 11 is 3.26. The number of carbonyl (C=O) groups is 1. The number of carbonyl (C=O) groups excluding carboxylic acids is 1. The molecular formula is C13H17N3OS2. The number of fused-ring (bicyclic) bond motifs is 1. The predicted molar refractivity (Wildman–Crippen MR) is 84.9 cm³/mol. The van der Waals surface area contributed by atoms with Crippen molar-refractivity contribution in [3.63, 3.8) is 0 Å². The number of hydrogen-bond acceptors (Lipinski definition) is 5. The van der Waals surface area contributed by atoms with E-state index in [0.717, 1.165) is 28.1 Å². The first-order valence-corrected chi connectivity index (χ1v) is 8.20. The second-order valence-corrected chi connectivity index (χ2v) is 6.41. The molecule has 0 atom stereocenters. The van der Waals surface area contributed by atoms with Crippen molar-refractivity contribution in [3.05, 3.63) is 18.2 Å². The SMILES string of the molecule is CCCSCCC(=O)Nc1nc2ccc(N)cc2s1. The minimum Gasteiger partial charge on any atom is -0.399 e. The highest BCUT2D eigenvalue weighted by molar-refractivity contribution is 7.99. The van der Waals surface area contributed by atoms with Crippen LogP contribution in [0, 0.1) is 0 Å². The van der Waals surface area contributed by atoms with Gasteiger partial charge in [-0.25, -0.2) is 4.98 Å². The van der Waals surface area contributed by atoms with Gasteiger partial charge in [0.25, 0.3) is 0 Å². The van der Waals surface area contributed by atoms with Crippen LogP contribution in [0.5, 0.6) is 0 Å². The van der Waals surface area contributed by atoms with E-state index in [1.807, 2.05) is 18.2 Å². The summed E-state index contributed by atoms with van der Waals surface area (Å²) in [5.41, 5.74) is 7.30. The molecule has 4 nitrogen and oxygen atoms in total. The molecule has 2 rings (SSSR count). The molecule has 0 radical (unpaired) electrons. The van der Waals surface area contributed by atoms with Crippen molar-refractivity contribution in [2.24, 2.45) is 0 Å². The molecule has 0 saturated heterocycles. The molecule has 0 saturated carbocycles. The highest BCUT2D eigenvalue weighted by Gasteiger charge is 2.07. The summed E-state index contributed by atoms with van der Waals surface area (Å²) in [6.45, 7) is 2.14. The monoisotopic (exact) mass is 295 g/mol. The zero-order valence-corrected chi connectivity index (χ0v) is 12.4. The molecule has 0 spiro atoms. The van der Waals surface area contributed by atoms with Gasteiger partial charge in [-0.1, -0.05) is 18.3 Å². The normalized spacial score (nSPS) is 10.8. The Kier molecular flexibility index (Phi) is 5.04. The quantitative estimate of drug-likeness (QED) is 0.633. The van der Waals surface area contributed by atoms with E-state index >= 15 is 0 Å². The van der Waals surface area contributed by atoms with Crippen LogP contribution in [-0.2, 0) is 4.79 Å². The average molecular weight is 295 g/mol. The number of nitrogens with two attached hydrogens (primary N) is 1. The van der Waals surface area contributed by atoms with Crippen molar-refractivity contribution in [2.75, 3.05) is 22.6 Å². The highest BCUT2D eigenvalue weighted by Crippen LogP contribution is 2.27. The Morgan fingerprint density at radius 3 is 3.11 bits per heavy atom. The summed E-state index contributed by atoms with van der Waals surface area (Å²) in [6.07, 6.45) is 1.67. The van der Waals surface area contributed by atoms with Gasteiger partial charge in [-0.3, -0.25) is 4.79 Å². The molecular weight excluding hydrogens is 278 g/mol. The summed E-state index contributed by atoms with van der Waals surface area (Å²) in [4.78, 5) is 16.1. The lowest BCUT2D eigenvalue weighted by Gasteiger charge is -2.00.